The molecule has 110 valence electrons. The number of fused-ring (bicyclic) bond motifs is 4. The molecule has 0 aliphatic carbocycles. The van der Waals surface area contributed by atoms with Gasteiger partial charge in [0.1, 0.15) is 0 Å². The lowest BCUT2D eigenvalue weighted by atomic mass is 9.84. The van der Waals surface area contributed by atoms with Crippen LogP contribution in [0.4, 0.5) is 0 Å². The molecule has 5 rings (SSSR count). The highest BCUT2D eigenvalue weighted by Crippen LogP contribution is 2.28. The second-order valence-corrected chi connectivity index (χ2v) is 6.20. The molecule has 1 aromatic carbocycles. The van der Waals surface area contributed by atoms with Gasteiger partial charge in [-0.2, -0.15) is 0 Å². The second-order valence-electron chi connectivity index (χ2n) is 6.20. The number of rotatable bonds is 2. The van der Waals surface area contributed by atoms with Gasteiger partial charge >= 0.3 is 0 Å². The number of amides is 1. The summed E-state index contributed by atoms with van der Waals surface area (Å²) in [5, 5.41) is 8.05. The molecule has 5 nitrogen and oxygen atoms in total. The molecule has 1 atom stereocenters. The van der Waals surface area contributed by atoms with Crippen LogP contribution >= 0.6 is 0 Å². The Morgan fingerprint density at radius 1 is 1.38 bits per heavy atom. The fourth-order valence-electron chi connectivity index (χ4n) is 3.58. The number of piperidine rings is 3. The van der Waals surface area contributed by atoms with Gasteiger partial charge in [-0.15, -0.1) is 0 Å². The van der Waals surface area contributed by atoms with Crippen molar-refractivity contribution in [2.24, 2.45) is 5.92 Å². The standard InChI is InChI=1S/C16H19N3O2/c1-10-13-8-12(2-3-15(13)21-18-10)16(20)17-14-9-19-6-4-11(14)5-7-19/h2-3,8,11,14H,4-7,9H2,1H3,(H,17,20)/t14-/m0/s1. The number of carbonyl (C=O) groups is 1. The van der Waals surface area contributed by atoms with Crippen LogP contribution in [0.5, 0.6) is 0 Å². The van der Waals surface area contributed by atoms with Crippen molar-refractivity contribution in [3.8, 4) is 0 Å². The van der Waals surface area contributed by atoms with Crippen LogP contribution in [0.1, 0.15) is 28.9 Å². The van der Waals surface area contributed by atoms with Gasteiger partial charge in [0.25, 0.3) is 5.91 Å². The van der Waals surface area contributed by atoms with Crippen LogP contribution in [0, 0.1) is 12.8 Å². The van der Waals surface area contributed by atoms with Crippen LogP contribution in [0.25, 0.3) is 11.0 Å². The van der Waals surface area contributed by atoms with Gasteiger partial charge in [0.05, 0.1) is 5.69 Å². The molecule has 2 aromatic rings. The van der Waals surface area contributed by atoms with E-state index in [0.717, 1.165) is 23.2 Å². The summed E-state index contributed by atoms with van der Waals surface area (Å²) in [6.07, 6.45) is 2.41. The Bertz CT molecular complexity index is 686. The Kier molecular flexibility index (Phi) is 2.96. The van der Waals surface area contributed by atoms with Crippen LogP contribution in [-0.2, 0) is 0 Å². The summed E-state index contributed by atoms with van der Waals surface area (Å²) in [5.41, 5.74) is 2.24. The number of nitrogens with zero attached hydrogens (tertiary/aromatic N) is 2. The average molecular weight is 285 g/mol. The maximum atomic E-state index is 12.5. The zero-order chi connectivity index (χ0) is 14.4. The first-order chi connectivity index (χ1) is 10.2. The molecule has 0 unspecified atom stereocenters. The van der Waals surface area contributed by atoms with Crippen molar-refractivity contribution < 1.29 is 9.32 Å². The molecule has 0 saturated carbocycles. The first-order valence-electron chi connectivity index (χ1n) is 7.60. The third-order valence-corrected chi connectivity index (χ3v) is 4.89. The van der Waals surface area contributed by atoms with E-state index in [1.807, 2.05) is 25.1 Å². The minimum absolute atomic E-state index is 0.0104. The van der Waals surface area contributed by atoms with E-state index in [-0.39, 0.29) is 5.91 Å². The SMILES string of the molecule is Cc1noc2ccc(C(=O)N[C@H]3CN4CCC3CC4)cc12. The van der Waals surface area contributed by atoms with Crippen molar-refractivity contribution in [2.75, 3.05) is 19.6 Å². The maximum Gasteiger partial charge on any atom is 0.251 e. The van der Waals surface area contributed by atoms with E-state index in [9.17, 15) is 4.79 Å². The highest BCUT2D eigenvalue weighted by Gasteiger charge is 2.34. The van der Waals surface area contributed by atoms with Crippen LogP contribution in [0.2, 0.25) is 0 Å². The average Bonchev–Trinajstić information content (AvgIpc) is 2.89. The topological polar surface area (TPSA) is 58.4 Å². The third-order valence-electron chi connectivity index (χ3n) is 4.89. The number of hydrogen-bond acceptors (Lipinski definition) is 4. The van der Waals surface area contributed by atoms with Crippen molar-refractivity contribution in [3.63, 3.8) is 0 Å². The summed E-state index contributed by atoms with van der Waals surface area (Å²) >= 11 is 0. The number of benzene rings is 1. The van der Waals surface area contributed by atoms with E-state index in [0.29, 0.717) is 17.5 Å². The van der Waals surface area contributed by atoms with E-state index >= 15 is 0 Å². The van der Waals surface area contributed by atoms with Gasteiger partial charge in [0, 0.05) is 23.5 Å². The van der Waals surface area contributed by atoms with E-state index in [2.05, 4.69) is 15.4 Å². The highest BCUT2D eigenvalue weighted by atomic mass is 16.5. The third kappa shape index (κ3) is 2.21. The summed E-state index contributed by atoms with van der Waals surface area (Å²) < 4.78 is 5.19. The monoisotopic (exact) mass is 285 g/mol. The Morgan fingerprint density at radius 3 is 2.90 bits per heavy atom. The molecule has 3 aliphatic rings. The lowest BCUT2D eigenvalue weighted by Gasteiger charge is -2.44. The predicted octanol–water partition coefficient (Wildman–Crippen LogP) is 1.96. The van der Waals surface area contributed by atoms with Crippen molar-refractivity contribution in [1.82, 2.24) is 15.4 Å². The van der Waals surface area contributed by atoms with Crippen molar-refractivity contribution >= 4 is 16.9 Å². The molecule has 3 aliphatic heterocycles. The van der Waals surface area contributed by atoms with E-state index in [1.54, 1.807) is 0 Å². The molecule has 4 heterocycles. The number of carbonyl (C=O) groups excluding carboxylic acids is 1. The van der Waals surface area contributed by atoms with Gasteiger partial charge in [0.15, 0.2) is 5.58 Å². The highest BCUT2D eigenvalue weighted by molar-refractivity contribution is 5.98. The lowest BCUT2D eigenvalue weighted by Crippen LogP contribution is -2.57. The number of aromatic nitrogens is 1. The minimum atomic E-state index is 0.0104. The summed E-state index contributed by atoms with van der Waals surface area (Å²) in [4.78, 5) is 14.9. The van der Waals surface area contributed by atoms with Crippen molar-refractivity contribution in [2.45, 2.75) is 25.8 Å². The van der Waals surface area contributed by atoms with Crippen LogP contribution in [0.3, 0.4) is 0 Å². The van der Waals surface area contributed by atoms with Gasteiger partial charge in [0.2, 0.25) is 0 Å². The molecule has 1 amide bonds. The Morgan fingerprint density at radius 2 is 2.19 bits per heavy atom. The Balaban J connectivity index is 1.54. The van der Waals surface area contributed by atoms with Crippen LogP contribution in [0.15, 0.2) is 22.7 Å². The Labute approximate surface area is 123 Å². The van der Waals surface area contributed by atoms with Gasteiger partial charge in [-0.05, 0) is 57.0 Å². The molecule has 1 N–H and O–H groups in total. The first kappa shape index (κ1) is 12.8. The molecule has 3 saturated heterocycles. The quantitative estimate of drug-likeness (QED) is 0.916. The van der Waals surface area contributed by atoms with Crippen molar-refractivity contribution in [3.05, 3.63) is 29.5 Å². The molecular weight excluding hydrogens is 266 g/mol. The van der Waals surface area contributed by atoms with Gasteiger partial charge in [-0.3, -0.25) is 4.79 Å². The van der Waals surface area contributed by atoms with Gasteiger partial charge < -0.3 is 14.7 Å². The second kappa shape index (κ2) is 4.84. The zero-order valence-corrected chi connectivity index (χ0v) is 12.1. The molecule has 0 spiro atoms. The summed E-state index contributed by atoms with van der Waals surface area (Å²) in [5.74, 6) is 0.649. The predicted molar refractivity (Wildman–Crippen MR) is 79.2 cm³/mol. The molecule has 2 bridgehead atoms. The molecular formula is C16H19N3O2. The van der Waals surface area contributed by atoms with Crippen LogP contribution in [-0.4, -0.2) is 41.6 Å². The van der Waals surface area contributed by atoms with E-state index in [4.69, 9.17) is 4.52 Å². The maximum absolute atomic E-state index is 12.5. The first-order valence-corrected chi connectivity index (χ1v) is 7.60. The van der Waals surface area contributed by atoms with Crippen LogP contribution < -0.4 is 5.32 Å². The smallest absolute Gasteiger partial charge is 0.251 e. The number of nitrogens with one attached hydrogen (secondary N) is 1. The Hall–Kier alpha value is -1.88. The molecule has 21 heavy (non-hydrogen) atoms. The van der Waals surface area contributed by atoms with E-state index in [1.165, 1.54) is 25.9 Å². The zero-order valence-electron chi connectivity index (χ0n) is 12.1. The normalized spacial score (nSPS) is 28.0. The lowest BCUT2D eigenvalue weighted by molar-refractivity contribution is 0.0620. The minimum Gasteiger partial charge on any atom is -0.356 e. The number of aryl methyl sites for hydroxylation is 1. The summed E-state index contributed by atoms with van der Waals surface area (Å²) in [6, 6.07) is 5.79. The van der Waals surface area contributed by atoms with E-state index < -0.39 is 0 Å². The van der Waals surface area contributed by atoms with Gasteiger partial charge in [-0.1, -0.05) is 5.16 Å². The largest absolute Gasteiger partial charge is 0.356 e. The fraction of sp³-hybridized carbons (Fsp3) is 0.500. The number of hydrogen-bond donors (Lipinski definition) is 1. The summed E-state index contributed by atoms with van der Waals surface area (Å²) in [6.45, 7) is 5.25. The molecule has 5 heteroatoms. The van der Waals surface area contributed by atoms with Crippen molar-refractivity contribution in [1.29, 1.82) is 0 Å². The molecule has 3 fully saturated rings. The van der Waals surface area contributed by atoms with Gasteiger partial charge in [-0.25, -0.2) is 0 Å². The summed E-state index contributed by atoms with van der Waals surface area (Å²) in [7, 11) is 0. The fourth-order valence-corrected chi connectivity index (χ4v) is 3.58. The molecule has 0 radical (unpaired) electrons. The molecule has 1 aromatic heterocycles.